The first-order valence-electron chi connectivity index (χ1n) is 4.43. The first-order valence-corrected chi connectivity index (χ1v) is 4.43. The molecule has 5 nitrogen and oxygen atoms in total. The molecule has 0 spiro atoms. The zero-order valence-electron chi connectivity index (χ0n) is 8.21. The molecular formula is C10H10N4O. The number of hydrogen-bond acceptors (Lipinski definition) is 3. The molecule has 1 aromatic heterocycles. The van der Waals surface area contributed by atoms with Gasteiger partial charge >= 0.3 is 0 Å². The van der Waals surface area contributed by atoms with E-state index in [9.17, 15) is 4.79 Å². The molecule has 0 fully saturated rings. The average Bonchev–Trinajstić information content (AvgIpc) is 2.65. The normalized spacial score (nSPS) is 10.2. The van der Waals surface area contributed by atoms with Crippen LogP contribution in [0.2, 0.25) is 0 Å². The van der Waals surface area contributed by atoms with Crippen molar-refractivity contribution in [3.8, 4) is 11.4 Å². The number of nitrogens with zero attached hydrogens (tertiary/aromatic N) is 3. The third-order valence-electron chi connectivity index (χ3n) is 2.03. The number of carbonyl (C=O) groups excluding carboxylic acids is 1. The first kappa shape index (κ1) is 9.39. The Morgan fingerprint density at radius 1 is 1.40 bits per heavy atom. The predicted octanol–water partition coefficient (Wildman–Crippen LogP) is 0.581. The number of amides is 1. The molecule has 0 radical (unpaired) electrons. The number of primary amides is 1. The van der Waals surface area contributed by atoms with Crippen molar-refractivity contribution < 1.29 is 4.79 Å². The highest BCUT2D eigenvalue weighted by Gasteiger charge is 2.11. The van der Waals surface area contributed by atoms with E-state index in [1.165, 1.54) is 0 Å². The molecule has 0 aliphatic carbocycles. The summed E-state index contributed by atoms with van der Waals surface area (Å²) in [5.74, 6) is 0.0324. The van der Waals surface area contributed by atoms with Gasteiger partial charge in [0.05, 0.1) is 5.56 Å². The molecule has 0 saturated heterocycles. The maximum absolute atomic E-state index is 11.2. The summed E-state index contributed by atoms with van der Waals surface area (Å²) in [7, 11) is 1.77. The van der Waals surface area contributed by atoms with Crippen LogP contribution < -0.4 is 5.73 Å². The topological polar surface area (TPSA) is 73.8 Å². The molecule has 0 unspecified atom stereocenters. The van der Waals surface area contributed by atoms with Crippen molar-refractivity contribution in [2.45, 2.75) is 0 Å². The minimum Gasteiger partial charge on any atom is -0.366 e. The molecule has 2 aromatic rings. The number of carbonyl (C=O) groups is 1. The molecule has 0 atom stereocenters. The summed E-state index contributed by atoms with van der Waals surface area (Å²) >= 11 is 0. The van der Waals surface area contributed by atoms with Crippen LogP contribution in [0.3, 0.4) is 0 Å². The number of rotatable bonds is 2. The van der Waals surface area contributed by atoms with Crippen LogP contribution >= 0.6 is 0 Å². The van der Waals surface area contributed by atoms with Crippen LogP contribution in [0.25, 0.3) is 11.4 Å². The third-order valence-corrected chi connectivity index (χ3v) is 2.03. The van der Waals surface area contributed by atoms with E-state index < -0.39 is 5.91 Å². The molecule has 0 bridgehead atoms. The van der Waals surface area contributed by atoms with Crippen molar-refractivity contribution in [2.75, 3.05) is 0 Å². The predicted molar refractivity (Wildman–Crippen MR) is 55.0 cm³/mol. The third kappa shape index (κ3) is 1.71. The van der Waals surface area contributed by atoms with Crippen molar-refractivity contribution in [1.82, 2.24) is 14.8 Å². The number of aryl methyl sites for hydroxylation is 1. The Morgan fingerprint density at radius 3 is 2.73 bits per heavy atom. The van der Waals surface area contributed by atoms with Crippen LogP contribution in [0.5, 0.6) is 0 Å². The van der Waals surface area contributed by atoms with Crippen molar-refractivity contribution >= 4 is 5.91 Å². The Bertz CT molecular complexity index is 504. The molecule has 0 aliphatic rings. The molecule has 2 N–H and O–H groups in total. The van der Waals surface area contributed by atoms with Crippen LogP contribution in [0.15, 0.2) is 30.6 Å². The van der Waals surface area contributed by atoms with Gasteiger partial charge in [0, 0.05) is 12.6 Å². The molecule has 2 rings (SSSR count). The Kier molecular flexibility index (Phi) is 2.21. The van der Waals surface area contributed by atoms with E-state index in [0.29, 0.717) is 17.0 Å². The van der Waals surface area contributed by atoms with E-state index in [4.69, 9.17) is 5.73 Å². The first-order chi connectivity index (χ1) is 7.18. The molecular weight excluding hydrogens is 192 g/mol. The largest absolute Gasteiger partial charge is 0.366 e. The van der Waals surface area contributed by atoms with Gasteiger partial charge in [-0.3, -0.25) is 9.48 Å². The Balaban J connectivity index is 2.57. The van der Waals surface area contributed by atoms with Gasteiger partial charge in [0.15, 0.2) is 5.82 Å². The summed E-state index contributed by atoms with van der Waals surface area (Å²) in [6.45, 7) is 0. The van der Waals surface area contributed by atoms with E-state index in [2.05, 4.69) is 10.1 Å². The smallest absolute Gasteiger partial charge is 0.249 e. The maximum Gasteiger partial charge on any atom is 0.249 e. The minimum atomic E-state index is -0.474. The average molecular weight is 202 g/mol. The summed E-state index contributed by atoms with van der Waals surface area (Å²) in [5, 5.41) is 4.12. The standard InChI is InChI=1S/C10H10N4O/c1-14-6-12-10(13-14)8-5-3-2-4-7(8)9(11)15/h2-6H,1H3,(H2,11,15). The fraction of sp³-hybridized carbons (Fsp3) is 0.100. The van der Waals surface area contributed by atoms with Crippen molar-refractivity contribution in [2.24, 2.45) is 12.8 Å². The van der Waals surface area contributed by atoms with Gasteiger partial charge in [-0.2, -0.15) is 5.10 Å². The molecule has 76 valence electrons. The van der Waals surface area contributed by atoms with E-state index in [1.54, 1.807) is 36.3 Å². The van der Waals surface area contributed by atoms with E-state index in [1.807, 2.05) is 6.07 Å². The molecule has 1 aromatic carbocycles. The summed E-state index contributed by atoms with van der Waals surface area (Å²) in [6.07, 6.45) is 1.58. The molecule has 5 heteroatoms. The molecule has 1 heterocycles. The van der Waals surface area contributed by atoms with Gasteiger partial charge < -0.3 is 5.73 Å². The monoisotopic (exact) mass is 202 g/mol. The Hall–Kier alpha value is -2.17. The summed E-state index contributed by atoms with van der Waals surface area (Å²) in [4.78, 5) is 15.2. The van der Waals surface area contributed by atoms with Gasteiger partial charge in [-0.25, -0.2) is 4.98 Å². The lowest BCUT2D eigenvalue weighted by atomic mass is 10.1. The quantitative estimate of drug-likeness (QED) is 0.774. The van der Waals surface area contributed by atoms with Gasteiger partial charge in [-0.1, -0.05) is 18.2 Å². The SMILES string of the molecule is Cn1cnc(-c2ccccc2C(N)=O)n1. The van der Waals surface area contributed by atoms with Gasteiger partial charge in [0.2, 0.25) is 5.91 Å². The maximum atomic E-state index is 11.2. The van der Waals surface area contributed by atoms with Gasteiger partial charge in [-0.05, 0) is 6.07 Å². The van der Waals surface area contributed by atoms with E-state index in [-0.39, 0.29) is 0 Å². The molecule has 0 aliphatic heterocycles. The van der Waals surface area contributed by atoms with Gasteiger partial charge in [0.1, 0.15) is 6.33 Å². The van der Waals surface area contributed by atoms with E-state index in [0.717, 1.165) is 0 Å². The number of nitrogens with two attached hydrogens (primary N) is 1. The minimum absolute atomic E-state index is 0.434. The lowest BCUT2D eigenvalue weighted by Gasteiger charge is -2.01. The van der Waals surface area contributed by atoms with E-state index >= 15 is 0 Å². The highest BCUT2D eigenvalue weighted by molar-refractivity contribution is 5.98. The second-order valence-electron chi connectivity index (χ2n) is 3.15. The zero-order valence-corrected chi connectivity index (χ0v) is 8.21. The van der Waals surface area contributed by atoms with Crippen LogP contribution in [0, 0.1) is 0 Å². The van der Waals surface area contributed by atoms with Gasteiger partial charge in [0.25, 0.3) is 0 Å². The Labute approximate surface area is 86.5 Å². The Morgan fingerprint density at radius 2 is 2.13 bits per heavy atom. The van der Waals surface area contributed by atoms with Crippen molar-refractivity contribution in [3.05, 3.63) is 36.2 Å². The van der Waals surface area contributed by atoms with Crippen molar-refractivity contribution in [1.29, 1.82) is 0 Å². The van der Waals surface area contributed by atoms with Crippen LogP contribution in [-0.2, 0) is 7.05 Å². The summed E-state index contributed by atoms with van der Waals surface area (Å²) < 4.78 is 1.58. The second kappa shape index (κ2) is 3.53. The second-order valence-corrected chi connectivity index (χ2v) is 3.15. The molecule has 0 saturated carbocycles. The number of benzene rings is 1. The lowest BCUT2D eigenvalue weighted by Crippen LogP contribution is -2.12. The summed E-state index contributed by atoms with van der Waals surface area (Å²) in [5.41, 5.74) is 6.35. The fourth-order valence-electron chi connectivity index (χ4n) is 1.36. The lowest BCUT2D eigenvalue weighted by molar-refractivity contribution is 0.100. The number of aromatic nitrogens is 3. The van der Waals surface area contributed by atoms with Crippen molar-refractivity contribution in [3.63, 3.8) is 0 Å². The number of hydrogen-bond donors (Lipinski definition) is 1. The highest BCUT2D eigenvalue weighted by atomic mass is 16.1. The molecule has 15 heavy (non-hydrogen) atoms. The van der Waals surface area contributed by atoms with Crippen LogP contribution in [0.4, 0.5) is 0 Å². The molecule has 1 amide bonds. The highest BCUT2D eigenvalue weighted by Crippen LogP contribution is 2.18. The fourth-order valence-corrected chi connectivity index (χ4v) is 1.36. The summed E-state index contributed by atoms with van der Waals surface area (Å²) in [6, 6.07) is 7.01. The van der Waals surface area contributed by atoms with Gasteiger partial charge in [-0.15, -0.1) is 0 Å². The zero-order chi connectivity index (χ0) is 10.8. The van der Waals surface area contributed by atoms with Crippen LogP contribution in [-0.4, -0.2) is 20.7 Å². The van der Waals surface area contributed by atoms with Crippen LogP contribution in [0.1, 0.15) is 10.4 Å².